The molecule has 1 rings (SSSR count). The van der Waals surface area contributed by atoms with Crippen molar-refractivity contribution in [3.8, 4) is 0 Å². The topological polar surface area (TPSA) is 12.9 Å². The predicted octanol–water partition coefficient (Wildman–Crippen LogP) is 3.83. The Hall–Kier alpha value is -0.803. The van der Waals surface area contributed by atoms with Crippen LogP contribution in [0.5, 0.6) is 0 Å². The van der Waals surface area contributed by atoms with E-state index >= 15 is 0 Å². The molecule has 1 nitrogen and oxygen atoms in total. The largest absolute Gasteiger partial charge is 0.256 e. The van der Waals surface area contributed by atoms with Gasteiger partial charge in [-0.2, -0.15) is 0 Å². The Bertz CT molecular complexity index is 458. The number of thioether (sulfide) groups is 1. The number of allylic oxidation sites excluding steroid dienone is 1. The van der Waals surface area contributed by atoms with E-state index in [4.69, 9.17) is 0 Å². The third kappa shape index (κ3) is 3.33. The summed E-state index contributed by atoms with van der Waals surface area (Å²) in [6.07, 6.45) is 4.03. The van der Waals surface area contributed by atoms with Gasteiger partial charge in [-0.05, 0) is 30.0 Å². The van der Waals surface area contributed by atoms with E-state index in [2.05, 4.69) is 50.8 Å². The first kappa shape index (κ1) is 14.3. The Morgan fingerprint density at radius 2 is 1.88 bits per heavy atom. The van der Waals surface area contributed by atoms with Crippen LogP contribution in [0.2, 0.25) is 19.6 Å². The van der Waals surface area contributed by atoms with Crippen LogP contribution in [0.3, 0.4) is 0 Å². The Morgan fingerprint density at radius 3 is 2.29 bits per heavy atom. The molecule has 17 heavy (non-hydrogen) atoms. The summed E-state index contributed by atoms with van der Waals surface area (Å²) in [5, 5.41) is 1.42. The fraction of sp³-hybridized carbons (Fsp3) is 0.357. The molecule has 0 aliphatic heterocycles. The van der Waals surface area contributed by atoms with E-state index < -0.39 is 8.07 Å². The summed E-state index contributed by atoms with van der Waals surface area (Å²) < 4.78 is 0. The lowest BCUT2D eigenvalue weighted by Crippen LogP contribution is -2.39. The number of pyridine rings is 1. The number of hydrogen-bond acceptors (Lipinski definition) is 2. The second-order valence-electron chi connectivity index (χ2n) is 5.24. The summed E-state index contributed by atoms with van der Waals surface area (Å²) in [7, 11) is -1.29. The number of hydrogen-bond donors (Lipinski definition) is 0. The van der Waals surface area contributed by atoms with Crippen LogP contribution in [0.25, 0.3) is 5.57 Å². The average Bonchev–Trinajstić information content (AvgIpc) is 2.25. The minimum absolute atomic E-state index is 0.933. The maximum atomic E-state index is 4.54. The van der Waals surface area contributed by atoms with E-state index in [9.17, 15) is 0 Å². The Balaban J connectivity index is 3.14. The van der Waals surface area contributed by atoms with Crippen LogP contribution in [0.15, 0.2) is 30.3 Å². The van der Waals surface area contributed by atoms with E-state index in [-0.39, 0.29) is 0 Å². The van der Waals surface area contributed by atoms with Crippen molar-refractivity contribution < 1.29 is 0 Å². The first-order valence-corrected chi connectivity index (χ1v) is 10.4. The van der Waals surface area contributed by atoms with Gasteiger partial charge in [0, 0.05) is 16.7 Å². The molecule has 0 aromatic carbocycles. The van der Waals surface area contributed by atoms with Gasteiger partial charge in [0.15, 0.2) is 0 Å². The normalized spacial score (nSPS) is 11.4. The Morgan fingerprint density at radius 1 is 1.29 bits per heavy atom. The summed E-state index contributed by atoms with van der Waals surface area (Å²) in [4.78, 5) is 5.52. The van der Waals surface area contributed by atoms with Gasteiger partial charge in [-0.15, -0.1) is 11.8 Å². The standard InChI is InChI=1S/C14H21NSSi/c1-10-8-13(11(2)12(3)16-4)15-9-14(10)17(5,6)7/h8-9H,2-3H2,1,4-7H3. The highest BCUT2D eigenvalue weighted by Crippen LogP contribution is 2.25. The van der Waals surface area contributed by atoms with Crippen molar-refractivity contribution in [2.75, 3.05) is 6.26 Å². The molecule has 1 aromatic heterocycles. The number of nitrogens with zero attached hydrogens (tertiary/aromatic N) is 1. The minimum atomic E-state index is -1.29. The zero-order valence-electron chi connectivity index (χ0n) is 11.4. The molecule has 92 valence electrons. The van der Waals surface area contributed by atoms with Crippen molar-refractivity contribution in [3.63, 3.8) is 0 Å². The Kier molecular flexibility index (Phi) is 4.39. The number of rotatable bonds is 4. The summed E-state index contributed by atoms with van der Waals surface area (Å²) in [6.45, 7) is 17.2. The van der Waals surface area contributed by atoms with Crippen molar-refractivity contribution >= 4 is 30.6 Å². The van der Waals surface area contributed by atoms with Crippen LogP contribution in [0.4, 0.5) is 0 Å². The zero-order valence-corrected chi connectivity index (χ0v) is 13.2. The lowest BCUT2D eigenvalue weighted by Gasteiger charge is -2.19. The lowest BCUT2D eigenvalue weighted by atomic mass is 10.1. The van der Waals surface area contributed by atoms with Gasteiger partial charge in [-0.1, -0.05) is 32.8 Å². The van der Waals surface area contributed by atoms with Crippen molar-refractivity contribution in [1.82, 2.24) is 4.98 Å². The average molecular weight is 263 g/mol. The molecule has 0 bridgehead atoms. The van der Waals surface area contributed by atoms with Crippen LogP contribution in [-0.2, 0) is 0 Å². The van der Waals surface area contributed by atoms with E-state index in [1.54, 1.807) is 11.8 Å². The van der Waals surface area contributed by atoms with Crippen molar-refractivity contribution in [3.05, 3.63) is 41.6 Å². The van der Waals surface area contributed by atoms with Crippen LogP contribution in [0, 0.1) is 6.92 Å². The van der Waals surface area contributed by atoms with E-state index in [0.29, 0.717) is 0 Å². The fourth-order valence-electron chi connectivity index (χ4n) is 1.77. The molecule has 0 aliphatic rings. The fourth-order valence-corrected chi connectivity index (χ4v) is 3.83. The molecular formula is C14H21NSSi. The molecular weight excluding hydrogens is 242 g/mol. The highest BCUT2D eigenvalue weighted by Gasteiger charge is 2.19. The molecule has 0 atom stereocenters. The van der Waals surface area contributed by atoms with Crippen LogP contribution >= 0.6 is 11.8 Å². The molecule has 0 amide bonds. The van der Waals surface area contributed by atoms with Gasteiger partial charge in [-0.3, -0.25) is 4.98 Å². The molecule has 1 heterocycles. The van der Waals surface area contributed by atoms with Crippen LogP contribution in [-0.4, -0.2) is 19.3 Å². The smallest absolute Gasteiger partial charge is 0.0799 e. The number of aromatic nitrogens is 1. The molecule has 3 heteroatoms. The van der Waals surface area contributed by atoms with Gasteiger partial charge in [-0.25, -0.2) is 0 Å². The highest BCUT2D eigenvalue weighted by molar-refractivity contribution is 8.02. The molecule has 0 N–H and O–H groups in total. The summed E-state index contributed by atoms with van der Waals surface area (Å²) in [5.41, 5.74) is 3.20. The maximum Gasteiger partial charge on any atom is 0.0799 e. The zero-order chi connectivity index (χ0) is 13.2. The molecule has 0 fully saturated rings. The highest BCUT2D eigenvalue weighted by atomic mass is 32.2. The summed E-state index contributed by atoms with van der Waals surface area (Å²) >= 11 is 1.62. The summed E-state index contributed by atoms with van der Waals surface area (Å²) in [5.74, 6) is 0. The lowest BCUT2D eigenvalue weighted by molar-refractivity contribution is 1.26. The predicted molar refractivity (Wildman–Crippen MR) is 83.6 cm³/mol. The van der Waals surface area contributed by atoms with Gasteiger partial charge >= 0.3 is 0 Å². The third-order valence-electron chi connectivity index (χ3n) is 2.81. The van der Waals surface area contributed by atoms with Gasteiger partial charge in [0.25, 0.3) is 0 Å². The molecule has 1 aromatic rings. The molecule has 0 spiro atoms. The molecule has 0 radical (unpaired) electrons. The second kappa shape index (κ2) is 5.23. The molecule has 0 aliphatic carbocycles. The van der Waals surface area contributed by atoms with Crippen molar-refractivity contribution in [2.24, 2.45) is 0 Å². The van der Waals surface area contributed by atoms with Gasteiger partial charge in [0.1, 0.15) is 0 Å². The van der Waals surface area contributed by atoms with Gasteiger partial charge in [0.2, 0.25) is 0 Å². The molecule has 0 saturated carbocycles. The van der Waals surface area contributed by atoms with E-state index in [1.807, 2.05) is 12.5 Å². The third-order valence-corrected chi connectivity index (χ3v) is 5.69. The second-order valence-corrected chi connectivity index (χ2v) is 11.2. The quantitative estimate of drug-likeness (QED) is 0.605. The van der Waals surface area contributed by atoms with E-state index in [1.165, 1.54) is 10.8 Å². The Labute approximate surface area is 110 Å². The first-order chi connectivity index (χ1) is 7.77. The SMILES string of the molecule is C=C(SC)C(=C)c1cc(C)c([Si](C)(C)C)cn1. The monoisotopic (exact) mass is 263 g/mol. The minimum Gasteiger partial charge on any atom is -0.256 e. The van der Waals surface area contributed by atoms with Gasteiger partial charge in [0.05, 0.1) is 13.8 Å². The number of aryl methyl sites for hydroxylation is 1. The van der Waals surface area contributed by atoms with Crippen LogP contribution < -0.4 is 5.19 Å². The molecule has 0 saturated heterocycles. The summed E-state index contributed by atoms with van der Waals surface area (Å²) in [6, 6.07) is 2.14. The molecule has 0 unspecified atom stereocenters. The van der Waals surface area contributed by atoms with Crippen molar-refractivity contribution in [1.29, 1.82) is 0 Å². The first-order valence-electron chi connectivity index (χ1n) is 5.67. The van der Waals surface area contributed by atoms with Gasteiger partial charge < -0.3 is 0 Å². The van der Waals surface area contributed by atoms with E-state index in [0.717, 1.165) is 16.2 Å². The van der Waals surface area contributed by atoms with Crippen LogP contribution in [0.1, 0.15) is 11.3 Å². The van der Waals surface area contributed by atoms with Crippen molar-refractivity contribution in [2.45, 2.75) is 26.6 Å². The maximum absolute atomic E-state index is 4.54.